The van der Waals surface area contributed by atoms with E-state index >= 15 is 0 Å². The van der Waals surface area contributed by atoms with E-state index in [4.69, 9.17) is 24.3 Å². The summed E-state index contributed by atoms with van der Waals surface area (Å²) in [6.45, 7) is 4.24. The molecular formula is C41H80NO7P. The number of carbonyl (C=O) groups is 1. The van der Waals surface area contributed by atoms with E-state index in [9.17, 15) is 14.3 Å². The molecule has 0 aliphatic rings. The molecular weight excluding hydrogens is 649 g/mol. The van der Waals surface area contributed by atoms with Gasteiger partial charge in [0.1, 0.15) is 6.61 Å². The van der Waals surface area contributed by atoms with Crippen molar-refractivity contribution in [1.82, 2.24) is 0 Å². The molecule has 0 saturated carbocycles. The minimum Gasteiger partial charge on any atom is -0.498 e. The number of rotatable bonds is 40. The number of carbonyl (C=O) groups excluding carboxylic acids is 1. The average Bonchev–Trinajstić information content (AvgIpc) is 3.10. The lowest BCUT2D eigenvalue weighted by atomic mass is 10.0. The Labute approximate surface area is 308 Å². The van der Waals surface area contributed by atoms with Gasteiger partial charge in [-0.15, -0.1) is 0 Å². The van der Waals surface area contributed by atoms with Crippen LogP contribution in [0, 0.1) is 0 Å². The van der Waals surface area contributed by atoms with Crippen LogP contribution in [0.4, 0.5) is 0 Å². The van der Waals surface area contributed by atoms with Gasteiger partial charge in [0, 0.05) is 13.0 Å². The number of hydrogen-bond donors (Lipinski definition) is 2. The molecule has 1 unspecified atom stereocenters. The van der Waals surface area contributed by atoms with E-state index in [-0.39, 0.29) is 32.3 Å². The minimum absolute atomic E-state index is 0.0308. The number of unbranched alkanes of at least 4 members (excludes halogenated alkanes) is 25. The third kappa shape index (κ3) is 38.1. The van der Waals surface area contributed by atoms with E-state index in [1.165, 1.54) is 141 Å². The van der Waals surface area contributed by atoms with Gasteiger partial charge >= 0.3 is 13.8 Å². The first-order chi connectivity index (χ1) is 24.4. The molecule has 0 aromatic heterocycles. The first-order valence-corrected chi connectivity index (χ1v) is 22.4. The van der Waals surface area contributed by atoms with Crippen LogP contribution >= 0.6 is 7.82 Å². The van der Waals surface area contributed by atoms with Gasteiger partial charge in [-0.3, -0.25) is 13.8 Å². The summed E-state index contributed by atoms with van der Waals surface area (Å²) in [7, 11) is -4.29. The number of phosphoric acid groups is 1. The lowest BCUT2D eigenvalue weighted by Gasteiger charge is -2.19. The normalized spacial score (nSPS) is 13.7. The molecule has 3 N–H and O–H groups in total. The summed E-state index contributed by atoms with van der Waals surface area (Å²) in [5.74, 6) is -0.353. The zero-order chi connectivity index (χ0) is 36.6. The zero-order valence-corrected chi connectivity index (χ0v) is 33.5. The first kappa shape index (κ1) is 48.8. The quantitative estimate of drug-likeness (QED) is 0.0210. The van der Waals surface area contributed by atoms with Gasteiger partial charge in [-0.2, -0.15) is 0 Å². The highest BCUT2D eigenvalue weighted by molar-refractivity contribution is 7.47. The molecule has 0 saturated heterocycles. The summed E-state index contributed by atoms with van der Waals surface area (Å²) >= 11 is 0. The number of hydrogen-bond acceptors (Lipinski definition) is 7. The van der Waals surface area contributed by atoms with Gasteiger partial charge in [-0.1, -0.05) is 161 Å². The molecule has 0 aromatic carbocycles. The molecule has 0 aliphatic carbocycles. The van der Waals surface area contributed by atoms with E-state index in [0.29, 0.717) is 6.42 Å². The van der Waals surface area contributed by atoms with Crippen LogP contribution in [0.3, 0.4) is 0 Å². The van der Waals surface area contributed by atoms with Crippen LogP contribution in [-0.4, -0.2) is 43.3 Å². The Kier molecular flexibility index (Phi) is 38.1. The molecule has 0 spiro atoms. The Morgan fingerprint density at radius 2 is 1.02 bits per heavy atom. The fraction of sp³-hybridized carbons (Fsp3) is 0.878. The van der Waals surface area contributed by atoms with Crippen LogP contribution in [0.15, 0.2) is 24.5 Å². The average molecular weight is 730 g/mol. The van der Waals surface area contributed by atoms with Gasteiger partial charge in [-0.25, -0.2) is 4.57 Å². The van der Waals surface area contributed by atoms with E-state index in [0.717, 1.165) is 38.5 Å². The van der Waals surface area contributed by atoms with E-state index in [1.54, 1.807) is 6.26 Å². The fourth-order valence-corrected chi connectivity index (χ4v) is 6.60. The lowest BCUT2D eigenvalue weighted by Crippen LogP contribution is -2.27. The van der Waals surface area contributed by atoms with E-state index in [2.05, 4.69) is 26.0 Å². The molecule has 9 heteroatoms. The van der Waals surface area contributed by atoms with Crippen LogP contribution in [0.25, 0.3) is 0 Å². The summed E-state index contributed by atoms with van der Waals surface area (Å²) in [5.41, 5.74) is 5.36. The predicted molar refractivity (Wildman–Crippen MR) is 210 cm³/mol. The van der Waals surface area contributed by atoms with Crippen molar-refractivity contribution in [3.05, 3.63) is 24.5 Å². The molecule has 8 nitrogen and oxygen atoms in total. The van der Waals surface area contributed by atoms with Crippen molar-refractivity contribution in [3.8, 4) is 0 Å². The standard InChI is InChI=1S/C41H80NO7P/c1-3-5-7-9-11-13-15-17-19-21-23-25-27-29-31-33-36-46-38-40(39-48-50(44,45)47-37-35-42)49-41(43)34-32-30-28-26-24-22-20-18-16-14-12-10-8-6-4-2/h17,19,33,36,40H,3-16,18,20-32,34-35,37-39,42H2,1-2H3,(H,44,45)/t40-/m1/s1. The monoisotopic (exact) mass is 730 g/mol. The molecule has 2 atom stereocenters. The van der Waals surface area contributed by atoms with Crippen molar-refractivity contribution in [1.29, 1.82) is 0 Å². The van der Waals surface area contributed by atoms with Crippen molar-refractivity contribution in [2.75, 3.05) is 26.4 Å². The van der Waals surface area contributed by atoms with Gasteiger partial charge < -0.3 is 20.1 Å². The smallest absolute Gasteiger partial charge is 0.472 e. The highest BCUT2D eigenvalue weighted by atomic mass is 31.2. The number of esters is 1. The molecule has 0 rings (SSSR count). The summed E-state index contributed by atoms with van der Waals surface area (Å²) < 4.78 is 33.1. The Balaban J connectivity index is 4.10. The largest absolute Gasteiger partial charge is 0.498 e. The van der Waals surface area contributed by atoms with Crippen LogP contribution in [0.1, 0.15) is 200 Å². The van der Waals surface area contributed by atoms with E-state index in [1.807, 2.05) is 6.08 Å². The second kappa shape index (κ2) is 39.0. The maximum atomic E-state index is 12.5. The van der Waals surface area contributed by atoms with Gasteiger partial charge in [-0.05, 0) is 51.0 Å². The van der Waals surface area contributed by atoms with Crippen LogP contribution in [0.5, 0.6) is 0 Å². The summed E-state index contributed by atoms with van der Waals surface area (Å²) in [5, 5.41) is 0. The Hall–Kier alpha value is -1.18. The number of phosphoric ester groups is 1. The number of allylic oxidation sites excluding steroid dienone is 3. The third-order valence-corrected chi connectivity index (χ3v) is 9.92. The lowest BCUT2D eigenvalue weighted by molar-refractivity contribution is -0.153. The molecule has 0 heterocycles. The fourth-order valence-electron chi connectivity index (χ4n) is 5.84. The molecule has 0 radical (unpaired) electrons. The predicted octanol–water partition coefficient (Wildman–Crippen LogP) is 12.4. The van der Waals surface area contributed by atoms with Crippen molar-refractivity contribution >= 4 is 13.8 Å². The van der Waals surface area contributed by atoms with Crippen LogP contribution in [0.2, 0.25) is 0 Å². The van der Waals surface area contributed by atoms with Gasteiger partial charge in [0.25, 0.3) is 0 Å². The minimum atomic E-state index is -4.29. The third-order valence-electron chi connectivity index (χ3n) is 8.94. The van der Waals surface area contributed by atoms with Gasteiger partial charge in [0.2, 0.25) is 0 Å². The second-order valence-corrected chi connectivity index (χ2v) is 15.4. The summed E-state index contributed by atoms with van der Waals surface area (Å²) in [4.78, 5) is 22.4. The summed E-state index contributed by atoms with van der Waals surface area (Å²) in [6.07, 6.45) is 42.8. The van der Waals surface area contributed by atoms with Crippen LogP contribution in [-0.2, 0) is 27.9 Å². The van der Waals surface area contributed by atoms with Crippen molar-refractivity contribution in [2.45, 2.75) is 206 Å². The topological polar surface area (TPSA) is 117 Å². The Morgan fingerprint density at radius 3 is 1.48 bits per heavy atom. The van der Waals surface area contributed by atoms with Gasteiger partial charge in [0.15, 0.2) is 6.10 Å². The Bertz CT molecular complexity index is 823. The first-order valence-electron chi connectivity index (χ1n) is 20.9. The number of nitrogens with two attached hydrogens (primary N) is 1. The van der Waals surface area contributed by atoms with Gasteiger partial charge in [0.05, 0.1) is 19.5 Å². The highest BCUT2D eigenvalue weighted by Gasteiger charge is 2.25. The Morgan fingerprint density at radius 1 is 0.600 bits per heavy atom. The number of ether oxygens (including phenoxy) is 2. The van der Waals surface area contributed by atoms with Crippen molar-refractivity contribution in [2.24, 2.45) is 5.73 Å². The van der Waals surface area contributed by atoms with Crippen molar-refractivity contribution in [3.63, 3.8) is 0 Å². The molecule has 50 heavy (non-hydrogen) atoms. The SMILES string of the molecule is CCCCCCCCC=CCCCCCCC=COC[C@H](COP(=O)(O)OCCN)OC(=O)CCCCCCCCCCCCCCCCC. The van der Waals surface area contributed by atoms with E-state index < -0.39 is 13.9 Å². The van der Waals surface area contributed by atoms with Crippen LogP contribution < -0.4 is 5.73 Å². The summed E-state index contributed by atoms with van der Waals surface area (Å²) in [6, 6.07) is 0. The second-order valence-electron chi connectivity index (χ2n) is 13.9. The maximum Gasteiger partial charge on any atom is 0.472 e. The highest BCUT2D eigenvalue weighted by Crippen LogP contribution is 2.43. The molecule has 0 fully saturated rings. The molecule has 0 aliphatic heterocycles. The molecule has 296 valence electrons. The molecule has 0 amide bonds. The maximum absolute atomic E-state index is 12.5. The molecule has 0 bridgehead atoms. The molecule has 0 aromatic rings. The van der Waals surface area contributed by atoms with Crippen molar-refractivity contribution < 1.29 is 32.8 Å². The zero-order valence-electron chi connectivity index (χ0n) is 32.6.